The molecule has 0 saturated heterocycles. The highest BCUT2D eigenvalue weighted by Crippen LogP contribution is 2.15. The number of imidazole rings is 1. The van der Waals surface area contributed by atoms with E-state index >= 15 is 0 Å². The molecule has 1 atom stereocenters. The van der Waals surface area contributed by atoms with E-state index in [-0.39, 0.29) is 11.8 Å². The van der Waals surface area contributed by atoms with Gasteiger partial charge in [0.1, 0.15) is 11.3 Å². The van der Waals surface area contributed by atoms with Gasteiger partial charge in [-0.05, 0) is 31.5 Å². The normalized spacial score (nSPS) is 12.2. The molecule has 0 aliphatic rings. The van der Waals surface area contributed by atoms with E-state index in [9.17, 15) is 4.79 Å². The minimum absolute atomic E-state index is 0.0403. The Labute approximate surface area is 141 Å². The van der Waals surface area contributed by atoms with Crippen LogP contribution in [0.2, 0.25) is 0 Å². The second kappa shape index (κ2) is 7.25. The van der Waals surface area contributed by atoms with Crippen molar-refractivity contribution in [1.82, 2.24) is 19.9 Å². The molecule has 0 aliphatic heterocycles. The second-order valence-corrected chi connectivity index (χ2v) is 5.79. The first-order valence-electron chi connectivity index (χ1n) is 8.33. The molecule has 5 nitrogen and oxygen atoms in total. The average Bonchev–Trinajstić information content (AvgIpc) is 2.99. The lowest BCUT2D eigenvalue weighted by Crippen LogP contribution is -2.30. The lowest BCUT2D eigenvalue weighted by atomic mass is 10.0. The number of carbonyl (C=O) groups is 1. The van der Waals surface area contributed by atoms with Gasteiger partial charge < -0.3 is 9.88 Å². The van der Waals surface area contributed by atoms with Crippen molar-refractivity contribution in [3.8, 4) is 0 Å². The van der Waals surface area contributed by atoms with Crippen LogP contribution in [0.5, 0.6) is 0 Å². The quantitative estimate of drug-likeness (QED) is 0.759. The van der Waals surface area contributed by atoms with Crippen LogP contribution in [-0.2, 0) is 17.8 Å². The van der Waals surface area contributed by atoms with Gasteiger partial charge in [0.05, 0.1) is 5.92 Å². The number of aromatic nitrogens is 3. The van der Waals surface area contributed by atoms with Crippen LogP contribution in [0.1, 0.15) is 31.2 Å². The standard InChI is InChI=1S/C19H22N4O/c1-3-23-17(22-16-10-7-12-20-18(16)23)11-13-21-19(24)14(2)15-8-5-4-6-9-15/h4-10,12,14H,3,11,13H2,1-2H3,(H,21,24)/t14-/m1/s1. The molecule has 2 aromatic heterocycles. The van der Waals surface area contributed by atoms with Gasteiger partial charge in [0.25, 0.3) is 0 Å². The monoisotopic (exact) mass is 322 g/mol. The molecule has 3 rings (SSSR count). The zero-order chi connectivity index (χ0) is 16.9. The Morgan fingerprint density at radius 1 is 1.21 bits per heavy atom. The number of carbonyl (C=O) groups excluding carboxylic acids is 1. The summed E-state index contributed by atoms with van der Waals surface area (Å²) in [7, 11) is 0. The summed E-state index contributed by atoms with van der Waals surface area (Å²) in [5.74, 6) is 0.843. The molecule has 0 fully saturated rings. The molecular weight excluding hydrogens is 300 g/mol. The van der Waals surface area contributed by atoms with Gasteiger partial charge in [0, 0.05) is 25.7 Å². The Balaban J connectivity index is 1.63. The highest BCUT2D eigenvalue weighted by Gasteiger charge is 2.15. The van der Waals surface area contributed by atoms with Crippen molar-refractivity contribution in [2.75, 3.05) is 6.54 Å². The molecule has 124 valence electrons. The summed E-state index contributed by atoms with van der Waals surface area (Å²) in [4.78, 5) is 21.3. The van der Waals surface area contributed by atoms with Crippen LogP contribution in [0, 0.1) is 0 Å². The molecule has 1 amide bonds. The first kappa shape index (κ1) is 16.2. The van der Waals surface area contributed by atoms with E-state index in [0.29, 0.717) is 13.0 Å². The fraction of sp³-hybridized carbons (Fsp3) is 0.316. The van der Waals surface area contributed by atoms with Gasteiger partial charge in [-0.2, -0.15) is 0 Å². The number of hydrogen-bond acceptors (Lipinski definition) is 3. The van der Waals surface area contributed by atoms with Crippen molar-refractivity contribution >= 4 is 17.1 Å². The van der Waals surface area contributed by atoms with Crippen LogP contribution in [0.3, 0.4) is 0 Å². The maximum atomic E-state index is 12.3. The van der Waals surface area contributed by atoms with Crippen LogP contribution in [0.4, 0.5) is 0 Å². The molecule has 0 unspecified atom stereocenters. The average molecular weight is 322 g/mol. The van der Waals surface area contributed by atoms with Gasteiger partial charge in [0.15, 0.2) is 5.65 Å². The molecule has 0 saturated carbocycles. The Kier molecular flexibility index (Phi) is 4.89. The predicted molar refractivity (Wildman–Crippen MR) is 94.8 cm³/mol. The maximum absolute atomic E-state index is 12.3. The van der Waals surface area contributed by atoms with Gasteiger partial charge in [-0.3, -0.25) is 4.79 Å². The minimum Gasteiger partial charge on any atom is -0.355 e. The summed E-state index contributed by atoms with van der Waals surface area (Å²) < 4.78 is 2.10. The number of hydrogen-bond donors (Lipinski definition) is 1. The van der Waals surface area contributed by atoms with Crippen molar-refractivity contribution in [2.45, 2.75) is 32.7 Å². The topological polar surface area (TPSA) is 59.8 Å². The van der Waals surface area contributed by atoms with Crippen molar-refractivity contribution in [2.24, 2.45) is 0 Å². The van der Waals surface area contributed by atoms with Crippen LogP contribution >= 0.6 is 0 Å². The first-order chi connectivity index (χ1) is 11.7. The second-order valence-electron chi connectivity index (χ2n) is 5.79. The van der Waals surface area contributed by atoms with Gasteiger partial charge in [0.2, 0.25) is 5.91 Å². The van der Waals surface area contributed by atoms with E-state index in [1.807, 2.05) is 49.4 Å². The van der Waals surface area contributed by atoms with Crippen molar-refractivity contribution in [3.05, 3.63) is 60.0 Å². The molecule has 0 spiro atoms. The maximum Gasteiger partial charge on any atom is 0.227 e. The van der Waals surface area contributed by atoms with E-state index < -0.39 is 0 Å². The van der Waals surface area contributed by atoms with Crippen LogP contribution in [0.25, 0.3) is 11.2 Å². The lowest BCUT2D eigenvalue weighted by molar-refractivity contribution is -0.122. The van der Waals surface area contributed by atoms with Crippen molar-refractivity contribution < 1.29 is 4.79 Å². The number of rotatable bonds is 6. The zero-order valence-electron chi connectivity index (χ0n) is 14.1. The van der Waals surface area contributed by atoms with E-state index in [2.05, 4.69) is 26.8 Å². The summed E-state index contributed by atoms with van der Waals surface area (Å²) in [5.41, 5.74) is 2.83. The fourth-order valence-corrected chi connectivity index (χ4v) is 2.87. The van der Waals surface area contributed by atoms with Gasteiger partial charge in [-0.15, -0.1) is 0 Å². The van der Waals surface area contributed by atoms with Crippen molar-refractivity contribution in [1.29, 1.82) is 0 Å². The van der Waals surface area contributed by atoms with E-state index in [1.165, 1.54) is 0 Å². The number of amides is 1. The van der Waals surface area contributed by atoms with Gasteiger partial charge >= 0.3 is 0 Å². The number of nitrogens with zero attached hydrogens (tertiary/aromatic N) is 3. The highest BCUT2D eigenvalue weighted by atomic mass is 16.1. The SMILES string of the molecule is CCn1c(CCNC(=O)[C@H](C)c2ccccc2)nc2cccnc21. The minimum atomic E-state index is -0.155. The third kappa shape index (κ3) is 3.30. The summed E-state index contributed by atoms with van der Waals surface area (Å²) in [6.07, 6.45) is 2.47. The highest BCUT2D eigenvalue weighted by molar-refractivity contribution is 5.83. The van der Waals surface area contributed by atoms with Crippen molar-refractivity contribution in [3.63, 3.8) is 0 Å². The smallest absolute Gasteiger partial charge is 0.227 e. The Bertz CT molecular complexity index is 826. The summed E-state index contributed by atoms with van der Waals surface area (Å²) in [6.45, 7) is 5.39. The summed E-state index contributed by atoms with van der Waals surface area (Å²) in [6, 6.07) is 13.7. The molecule has 0 radical (unpaired) electrons. The summed E-state index contributed by atoms with van der Waals surface area (Å²) >= 11 is 0. The van der Waals surface area contributed by atoms with E-state index in [0.717, 1.165) is 29.1 Å². The lowest BCUT2D eigenvalue weighted by Gasteiger charge is -2.12. The Morgan fingerprint density at radius 3 is 2.75 bits per heavy atom. The summed E-state index contributed by atoms with van der Waals surface area (Å²) in [5, 5.41) is 3.01. The number of fused-ring (bicyclic) bond motifs is 1. The largest absolute Gasteiger partial charge is 0.355 e. The fourth-order valence-electron chi connectivity index (χ4n) is 2.87. The third-order valence-corrected chi connectivity index (χ3v) is 4.24. The Hall–Kier alpha value is -2.69. The number of nitrogens with one attached hydrogen (secondary N) is 1. The molecular formula is C19H22N4O. The third-order valence-electron chi connectivity index (χ3n) is 4.24. The molecule has 2 heterocycles. The molecule has 1 aromatic carbocycles. The molecule has 24 heavy (non-hydrogen) atoms. The molecule has 1 N–H and O–H groups in total. The van der Waals surface area contributed by atoms with Gasteiger partial charge in [-0.25, -0.2) is 9.97 Å². The molecule has 0 aliphatic carbocycles. The van der Waals surface area contributed by atoms with Crippen LogP contribution in [-0.4, -0.2) is 27.0 Å². The Morgan fingerprint density at radius 2 is 2.00 bits per heavy atom. The number of aryl methyl sites for hydroxylation is 1. The molecule has 3 aromatic rings. The first-order valence-corrected chi connectivity index (χ1v) is 8.33. The molecule has 0 bridgehead atoms. The van der Waals surface area contributed by atoms with Gasteiger partial charge in [-0.1, -0.05) is 30.3 Å². The van der Waals surface area contributed by atoms with E-state index in [4.69, 9.17) is 0 Å². The van der Waals surface area contributed by atoms with Crippen LogP contribution in [0.15, 0.2) is 48.7 Å². The van der Waals surface area contributed by atoms with E-state index in [1.54, 1.807) is 6.20 Å². The van der Waals surface area contributed by atoms with Crippen LogP contribution < -0.4 is 5.32 Å². The zero-order valence-corrected chi connectivity index (χ0v) is 14.1. The predicted octanol–water partition coefficient (Wildman–Crippen LogP) is 2.91. The number of pyridine rings is 1. The molecule has 5 heteroatoms. The number of benzene rings is 1.